The molecule has 1 radical (unpaired) electrons. The summed E-state index contributed by atoms with van der Waals surface area (Å²) in [5.74, 6) is 0. The second-order valence-electron chi connectivity index (χ2n) is 5.54. The summed E-state index contributed by atoms with van der Waals surface area (Å²) in [7, 11) is -8.06. The van der Waals surface area contributed by atoms with Gasteiger partial charge in [-0.1, -0.05) is 35.4 Å². The summed E-state index contributed by atoms with van der Waals surface area (Å²) in [5, 5.41) is 0. The van der Waals surface area contributed by atoms with Crippen LogP contribution in [0.5, 0.6) is 0 Å². The third-order valence-corrected chi connectivity index (χ3v) is 5.96. The van der Waals surface area contributed by atoms with E-state index in [1.54, 1.807) is 24.3 Å². The highest BCUT2D eigenvalue weighted by molar-refractivity contribution is 7.87. The van der Waals surface area contributed by atoms with Gasteiger partial charge in [0.2, 0.25) is 0 Å². The van der Waals surface area contributed by atoms with Crippen LogP contribution in [0.15, 0.2) is 58.3 Å². The van der Waals surface area contributed by atoms with Crippen molar-refractivity contribution in [1.29, 1.82) is 0 Å². The van der Waals surface area contributed by atoms with Crippen LogP contribution >= 0.6 is 0 Å². The normalized spacial score (nSPS) is 13.6. The fourth-order valence-corrected chi connectivity index (χ4v) is 3.84. The molecular weight excluding hydrogens is 364 g/mol. The Morgan fingerprint density at radius 1 is 0.800 bits per heavy atom. The second kappa shape index (κ2) is 7.65. The molecular formula is C17H19O6S2. The average Bonchev–Trinajstić information content (AvgIpc) is 2.53. The summed E-state index contributed by atoms with van der Waals surface area (Å²) in [5.41, 5.74) is 1.80. The lowest BCUT2D eigenvalue weighted by atomic mass is 10.2. The first-order valence-electron chi connectivity index (χ1n) is 7.39. The highest BCUT2D eigenvalue weighted by Crippen LogP contribution is 2.17. The first-order chi connectivity index (χ1) is 11.6. The molecule has 2 rings (SSSR count). The maximum absolute atomic E-state index is 12.1. The van der Waals surface area contributed by atoms with Crippen LogP contribution in [0.25, 0.3) is 0 Å². The van der Waals surface area contributed by atoms with Gasteiger partial charge in [-0.3, -0.25) is 8.37 Å². The molecule has 0 aromatic heterocycles. The minimum absolute atomic E-state index is 0.0216. The molecule has 135 valence electrons. The molecule has 6 nitrogen and oxygen atoms in total. The zero-order valence-corrected chi connectivity index (χ0v) is 15.5. The number of rotatable bonds is 7. The molecule has 0 bridgehead atoms. The number of benzene rings is 2. The molecule has 25 heavy (non-hydrogen) atoms. The predicted molar refractivity (Wildman–Crippen MR) is 92.9 cm³/mol. The van der Waals surface area contributed by atoms with Gasteiger partial charge in [-0.25, -0.2) is 0 Å². The molecule has 8 heteroatoms. The van der Waals surface area contributed by atoms with Crippen molar-refractivity contribution >= 4 is 20.2 Å². The van der Waals surface area contributed by atoms with Crippen molar-refractivity contribution in [2.75, 3.05) is 6.61 Å². The third kappa shape index (κ3) is 5.37. The van der Waals surface area contributed by atoms with E-state index in [9.17, 15) is 16.8 Å². The van der Waals surface area contributed by atoms with Gasteiger partial charge in [0.15, 0.2) is 0 Å². The Kier molecular flexibility index (Phi) is 5.99. The van der Waals surface area contributed by atoms with E-state index in [0.29, 0.717) is 0 Å². The molecule has 1 unspecified atom stereocenters. The van der Waals surface area contributed by atoms with Crippen molar-refractivity contribution in [3.8, 4) is 0 Å². The smallest absolute Gasteiger partial charge is 0.264 e. The molecule has 1 atom stereocenters. The fraction of sp³-hybridized carbons (Fsp3) is 0.235. The fourth-order valence-electron chi connectivity index (χ4n) is 1.91. The van der Waals surface area contributed by atoms with E-state index in [4.69, 9.17) is 8.37 Å². The van der Waals surface area contributed by atoms with Crippen molar-refractivity contribution in [3.63, 3.8) is 0 Å². The van der Waals surface area contributed by atoms with Gasteiger partial charge in [0, 0.05) is 0 Å². The van der Waals surface area contributed by atoms with Gasteiger partial charge in [-0.05, 0) is 45.0 Å². The lowest BCUT2D eigenvalue weighted by Gasteiger charge is -2.13. The zero-order chi connectivity index (χ0) is 18.7. The van der Waals surface area contributed by atoms with Crippen LogP contribution in [0.2, 0.25) is 0 Å². The van der Waals surface area contributed by atoms with E-state index in [2.05, 4.69) is 6.92 Å². The monoisotopic (exact) mass is 383 g/mol. The van der Waals surface area contributed by atoms with Gasteiger partial charge in [-0.2, -0.15) is 16.8 Å². The largest absolute Gasteiger partial charge is 0.297 e. The van der Waals surface area contributed by atoms with Gasteiger partial charge in [0.1, 0.15) is 6.10 Å². The molecule has 0 aliphatic carbocycles. The maximum atomic E-state index is 12.1. The third-order valence-electron chi connectivity index (χ3n) is 3.29. The topological polar surface area (TPSA) is 86.7 Å². The van der Waals surface area contributed by atoms with Crippen molar-refractivity contribution in [3.05, 3.63) is 66.6 Å². The molecule has 0 aliphatic heterocycles. The van der Waals surface area contributed by atoms with Crippen LogP contribution in [0.3, 0.4) is 0 Å². The van der Waals surface area contributed by atoms with Gasteiger partial charge in [-0.15, -0.1) is 0 Å². The van der Waals surface area contributed by atoms with E-state index in [1.165, 1.54) is 24.3 Å². The van der Waals surface area contributed by atoms with Crippen LogP contribution in [-0.2, 0) is 28.6 Å². The highest BCUT2D eigenvalue weighted by Gasteiger charge is 2.22. The number of hydrogen-bond acceptors (Lipinski definition) is 6. The quantitative estimate of drug-likeness (QED) is 0.683. The van der Waals surface area contributed by atoms with Crippen LogP contribution < -0.4 is 0 Å². The van der Waals surface area contributed by atoms with Gasteiger partial charge in [0.25, 0.3) is 20.2 Å². The lowest BCUT2D eigenvalue weighted by Crippen LogP contribution is -2.23. The summed E-state index contributed by atoms with van der Waals surface area (Å²) in [6.45, 7) is 6.61. The van der Waals surface area contributed by atoms with Crippen LogP contribution in [0, 0.1) is 20.8 Å². The highest BCUT2D eigenvalue weighted by atomic mass is 32.2. The second-order valence-corrected chi connectivity index (χ2v) is 8.72. The molecule has 0 N–H and O–H groups in total. The van der Waals surface area contributed by atoms with E-state index in [0.717, 1.165) is 11.1 Å². The van der Waals surface area contributed by atoms with E-state index < -0.39 is 32.9 Å². The molecule has 0 fully saturated rings. The van der Waals surface area contributed by atoms with Gasteiger partial charge < -0.3 is 0 Å². The molecule has 0 saturated carbocycles. The molecule has 0 amide bonds. The maximum Gasteiger partial charge on any atom is 0.297 e. The Bertz CT molecular complexity index is 914. The molecule has 0 spiro atoms. The Labute approximate surface area is 148 Å². The van der Waals surface area contributed by atoms with Gasteiger partial charge in [0.05, 0.1) is 16.4 Å². The predicted octanol–water partition coefficient (Wildman–Crippen LogP) is 2.62. The van der Waals surface area contributed by atoms with Crippen molar-refractivity contribution < 1.29 is 25.2 Å². The van der Waals surface area contributed by atoms with Crippen LogP contribution in [0.4, 0.5) is 0 Å². The number of aryl methyl sites for hydroxylation is 2. The summed E-state index contributed by atoms with van der Waals surface area (Å²) < 4.78 is 58.1. The summed E-state index contributed by atoms with van der Waals surface area (Å²) in [6, 6.07) is 12.2. The summed E-state index contributed by atoms with van der Waals surface area (Å²) >= 11 is 0. The van der Waals surface area contributed by atoms with Crippen molar-refractivity contribution in [2.45, 2.75) is 29.7 Å². The van der Waals surface area contributed by atoms with Crippen LogP contribution in [0.1, 0.15) is 11.1 Å². The molecule has 0 aliphatic rings. The Hall–Kier alpha value is -1.74. The first-order valence-corrected chi connectivity index (χ1v) is 10.2. The minimum atomic E-state index is -4.05. The van der Waals surface area contributed by atoms with E-state index in [1.807, 2.05) is 13.8 Å². The minimum Gasteiger partial charge on any atom is -0.264 e. The SMILES string of the molecule is [CH2]C(COS(=O)(=O)c1ccc(C)cc1)OS(=O)(=O)c1ccc(C)cc1. The first kappa shape index (κ1) is 19.6. The lowest BCUT2D eigenvalue weighted by molar-refractivity contribution is 0.171. The molecule has 2 aromatic carbocycles. The van der Waals surface area contributed by atoms with E-state index >= 15 is 0 Å². The van der Waals surface area contributed by atoms with E-state index in [-0.39, 0.29) is 9.79 Å². The summed E-state index contributed by atoms with van der Waals surface area (Å²) in [4.78, 5) is -0.0557. The number of hydrogen-bond donors (Lipinski definition) is 0. The Morgan fingerprint density at radius 2 is 1.20 bits per heavy atom. The summed E-state index contributed by atoms with van der Waals surface area (Å²) in [6.07, 6.45) is -1.22. The standard InChI is InChI=1S/C17H19O6S2/c1-13-4-8-16(9-5-13)24(18,19)22-12-15(3)23-25(20,21)17-10-6-14(2)7-11-17/h4-11,15H,3,12H2,1-2H3. The van der Waals surface area contributed by atoms with Crippen LogP contribution in [-0.4, -0.2) is 29.5 Å². The van der Waals surface area contributed by atoms with Gasteiger partial charge >= 0.3 is 0 Å². The Morgan fingerprint density at radius 3 is 1.64 bits per heavy atom. The Balaban J connectivity index is 2.01. The average molecular weight is 383 g/mol. The molecule has 0 heterocycles. The van der Waals surface area contributed by atoms with Crippen molar-refractivity contribution in [1.82, 2.24) is 0 Å². The van der Waals surface area contributed by atoms with Crippen molar-refractivity contribution in [2.24, 2.45) is 0 Å². The zero-order valence-electron chi connectivity index (χ0n) is 13.9. The molecule has 2 aromatic rings. The molecule has 0 saturated heterocycles.